The van der Waals surface area contributed by atoms with Crippen molar-refractivity contribution in [1.29, 1.82) is 0 Å². The minimum Gasteiger partial charge on any atom is -0.463 e. The fourth-order valence-corrected chi connectivity index (χ4v) is 2.05. The van der Waals surface area contributed by atoms with E-state index in [9.17, 15) is 19.2 Å². The Bertz CT molecular complexity index is 463. The Morgan fingerprint density at radius 2 is 1.55 bits per heavy atom. The summed E-state index contributed by atoms with van der Waals surface area (Å²) in [6.07, 6.45) is -3.05. The largest absolute Gasteiger partial charge is 0.463 e. The van der Waals surface area contributed by atoms with Gasteiger partial charge in [-0.05, 0) is 0 Å². The van der Waals surface area contributed by atoms with E-state index < -0.39 is 48.4 Å². The molecule has 0 bridgehead atoms. The van der Waals surface area contributed by atoms with Crippen molar-refractivity contribution < 1.29 is 38.1 Å². The molecular formula is C13H19NO8. The fraction of sp³-hybridized carbons (Fsp3) is 0.692. The molecule has 0 radical (unpaired) electrons. The molecule has 0 saturated carbocycles. The summed E-state index contributed by atoms with van der Waals surface area (Å²) in [5.74, 6) is -2.21. The van der Waals surface area contributed by atoms with Gasteiger partial charge in [-0.25, -0.2) is 0 Å². The molecule has 0 aromatic carbocycles. The molecule has 1 aliphatic rings. The summed E-state index contributed by atoms with van der Waals surface area (Å²) >= 11 is 0. The third kappa shape index (κ3) is 5.32. The normalized spacial score (nSPS) is 26.9. The van der Waals surface area contributed by atoms with E-state index >= 15 is 0 Å². The molecule has 4 atom stereocenters. The quantitative estimate of drug-likeness (QED) is 0.521. The van der Waals surface area contributed by atoms with E-state index in [4.69, 9.17) is 18.9 Å². The van der Waals surface area contributed by atoms with Crippen molar-refractivity contribution >= 4 is 23.8 Å². The van der Waals surface area contributed by atoms with Crippen molar-refractivity contribution in [1.82, 2.24) is 5.32 Å². The minimum absolute atomic E-state index is 0.185. The molecule has 9 heteroatoms. The zero-order valence-electron chi connectivity index (χ0n) is 12.8. The zero-order valence-corrected chi connectivity index (χ0v) is 12.8. The molecule has 124 valence electrons. The molecule has 1 saturated heterocycles. The minimum atomic E-state index is -1.20. The average molecular weight is 317 g/mol. The van der Waals surface area contributed by atoms with Crippen molar-refractivity contribution in [2.24, 2.45) is 0 Å². The first kappa shape index (κ1) is 17.9. The number of ether oxygens (including phenoxy) is 4. The van der Waals surface area contributed by atoms with Crippen LogP contribution in [0.1, 0.15) is 27.7 Å². The highest BCUT2D eigenvalue weighted by Gasteiger charge is 2.49. The van der Waals surface area contributed by atoms with Crippen molar-refractivity contribution in [3.63, 3.8) is 0 Å². The second kappa shape index (κ2) is 7.74. The number of carbonyl (C=O) groups excluding carboxylic acids is 4. The van der Waals surface area contributed by atoms with Gasteiger partial charge in [0.05, 0.1) is 0 Å². The average Bonchev–Trinajstić information content (AvgIpc) is 2.63. The maximum absolute atomic E-state index is 11.3. The number of esters is 3. The van der Waals surface area contributed by atoms with Crippen LogP contribution in [0.15, 0.2) is 0 Å². The van der Waals surface area contributed by atoms with Gasteiger partial charge in [-0.2, -0.15) is 0 Å². The van der Waals surface area contributed by atoms with Gasteiger partial charge in [0.15, 0.2) is 6.10 Å². The van der Waals surface area contributed by atoms with Crippen molar-refractivity contribution in [3.8, 4) is 0 Å². The predicted molar refractivity (Wildman–Crippen MR) is 70.2 cm³/mol. The van der Waals surface area contributed by atoms with Crippen LogP contribution in [-0.2, 0) is 38.1 Å². The van der Waals surface area contributed by atoms with E-state index in [1.54, 1.807) is 0 Å². The lowest BCUT2D eigenvalue weighted by Crippen LogP contribution is -2.50. The fourth-order valence-electron chi connectivity index (χ4n) is 2.05. The summed E-state index contributed by atoms with van der Waals surface area (Å²) in [5.41, 5.74) is 0. The molecule has 0 aromatic rings. The first-order valence-corrected chi connectivity index (χ1v) is 6.61. The smallest absolute Gasteiger partial charge is 0.305 e. The lowest BCUT2D eigenvalue weighted by Gasteiger charge is -2.23. The summed E-state index contributed by atoms with van der Waals surface area (Å²) in [6.45, 7) is 4.65. The third-order valence-electron chi connectivity index (χ3n) is 2.74. The summed E-state index contributed by atoms with van der Waals surface area (Å²) < 4.78 is 20.3. The Morgan fingerprint density at radius 1 is 0.955 bits per heavy atom. The van der Waals surface area contributed by atoms with Gasteiger partial charge < -0.3 is 24.3 Å². The first-order chi connectivity index (χ1) is 10.2. The summed E-state index contributed by atoms with van der Waals surface area (Å²) in [7, 11) is 0. The standard InChI is InChI=1S/C13H19NO8/c1-6(15)14-11-10(5-19-7(2)16)22-13(21-9(4)18)12(11)20-8(3)17/h10-13H,5H2,1-4H3,(H,14,15)/t10-,11-,12-,13-/m1/s1. The maximum atomic E-state index is 11.3. The number of hydrogen-bond donors (Lipinski definition) is 1. The molecule has 1 amide bonds. The van der Waals surface area contributed by atoms with Crippen LogP contribution in [0.2, 0.25) is 0 Å². The summed E-state index contributed by atoms with van der Waals surface area (Å²) in [5, 5.41) is 2.55. The van der Waals surface area contributed by atoms with Crippen LogP contribution >= 0.6 is 0 Å². The number of hydrogen-bond acceptors (Lipinski definition) is 8. The number of carbonyl (C=O) groups is 4. The molecule has 1 heterocycles. The van der Waals surface area contributed by atoms with Gasteiger partial charge in [-0.15, -0.1) is 0 Å². The molecule has 1 rings (SSSR count). The maximum Gasteiger partial charge on any atom is 0.305 e. The third-order valence-corrected chi connectivity index (χ3v) is 2.74. The van der Waals surface area contributed by atoms with E-state index in [0.717, 1.165) is 0 Å². The molecule has 1 fully saturated rings. The van der Waals surface area contributed by atoms with Gasteiger partial charge >= 0.3 is 17.9 Å². The highest BCUT2D eigenvalue weighted by atomic mass is 16.7. The van der Waals surface area contributed by atoms with Crippen LogP contribution < -0.4 is 5.32 Å². The van der Waals surface area contributed by atoms with Gasteiger partial charge in [0, 0.05) is 27.7 Å². The molecule has 9 nitrogen and oxygen atoms in total. The van der Waals surface area contributed by atoms with E-state index in [-0.39, 0.29) is 6.61 Å². The molecule has 0 spiro atoms. The Labute approximate surface area is 127 Å². The molecule has 1 aliphatic heterocycles. The lowest BCUT2D eigenvalue weighted by molar-refractivity contribution is -0.196. The monoisotopic (exact) mass is 317 g/mol. The van der Waals surface area contributed by atoms with Gasteiger partial charge in [-0.1, -0.05) is 0 Å². The summed E-state index contributed by atoms with van der Waals surface area (Å²) in [4.78, 5) is 44.6. The van der Waals surface area contributed by atoms with Crippen molar-refractivity contribution in [2.45, 2.75) is 52.2 Å². The van der Waals surface area contributed by atoms with E-state index in [0.29, 0.717) is 0 Å². The molecule has 0 aromatic heterocycles. The SMILES string of the molecule is CC(=O)N[C@H]1[C@@H](OC(C)=O)[C@H](OC(C)=O)O[C@@H]1COC(C)=O. The van der Waals surface area contributed by atoms with Crippen molar-refractivity contribution in [3.05, 3.63) is 0 Å². The number of rotatable bonds is 5. The highest BCUT2D eigenvalue weighted by molar-refractivity contribution is 5.74. The Kier molecular flexibility index (Phi) is 6.29. The van der Waals surface area contributed by atoms with Crippen LogP contribution in [-0.4, -0.2) is 55.0 Å². The molecule has 0 aliphatic carbocycles. The van der Waals surface area contributed by atoms with Gasteiger partial charge in [0.25, 0.3) is 0 Å². The van der Waals surface area contributed by atoms with Crippen LogP contribution in [0.25, 0.3) is 0 Å². The van der Waals surface area contributed by atoms with E-state index in [2.05, 4.69) is 5.32 Å². The Balaban J connectivity index is 2.94. The number of amides is 1. The summed E-state index contributed by atoms with van der Waals surface area (Å²) in [6, 6.07) is -0.815. The van der Waals surface area contributed by atoms with Crippen LogP contribution in [0, 0.1) is 0 Å². The topological polar surface area (TPSA) is 117 Å². The molecule has 0 unspecified atom stereocenters. The van der Waals surface area contributed by atoms with Crippen LogP contribution in [0.4, 0.5) is 0 Å². The van der Waals surface area contributed by atoms with Crippen molar-refractivity contribution in [2.75, 3.05) is 6.61 Å². The first-order valence-electron chi connectivity index (χ1n) is 6.61. The van der Waals surface area contributed by atoms with Gasteiger partial charge in [0.1, 0.15) is 18.8 Å². The Morgan fingerprint density at radius 3 is 2.00 bits per heavy atom. The van der Waals surface area contributed by atoms with Crippen LogP contribution in [0.3, 0.4) is 0 Å². The predicted octanol–water partition coefficient (Wildman–Crippen LogP) is -0.726. The molecule has 1 N–H and O–H groups in total. The van der Waals surface area contributed by atoms with Gasteiger partial charge in [-0.3, -0.25) is 19.2 Å². The molecule has 22 heavy (non-hydrogen) atoms. The molecular weight excluding hydrogens is 298 g/mol. The highest BCUT2D eigenvalue weighted by Crippen LogP contribution is 2.26. The zero-order chi connectivity index (χ0) is 16.9. The second-order valence-electron chi connectivity index (χ2n) is 4.76. The Hall–Kier alpha value is -2.16. The number of nitrogens with one attached hydrogen (secondary N) is 1. The van der Waals surface area contributed by atoms with E-state index in [1.165, 1.54) is 27.7 Å². The lowest BCUT2D eigenvalue weighted by atomic mass is 10.1. The second-order valence-corrected chi connectivity index (χ2v) is 4.76. The van der Waals surface area contributed by atoms with E-state index in [1.807, 2.05) is 0 Å². The van der Waals surface area contributed by atoms with Crippen LogP contribution in [0.5, 0.6) is 0 Å². The van der Waals surface area contributed by atoms with Gasteiger partial charge in [0.2, 0.25) is 12.2 Å².